The van der Waals surface area contributed by atoms with E-state index < -0.39 is 43.5 Å². The molecule has 2 rings (SSSR count). The second-order valence-corrected chi connectivity index (χ2v) is 6.93. The molecule has 0 unspecified atom stereocenters. The van der Waals surface area contributed by atoms with Gasteiger partial charge < -0.3 is 18.9 Å². The largest absolute Gasteiger partial charge is 0.463 e. The molecular formula is C25H26O8. The summed E-state index contributed by atoms with van der Waals surface area (Å²) < 4.78 is 19.5. The van der Waals surface area contributed by atoms with Crippen LogP contribution in [0, 0.1) is 0 Å². The second-order valence-electron chi connectivity index (χ2n) is 6.93. The van der Waals surface area contributed by atoms with Crippen molar-refractivity contribution in [3.05, 3.63) is 83.9 Å². The fraction of sp³-hybridized carbons (Fsp3) is 0.280. The number of carbonyl (C=O) groups is 4. The fourth-order valence-electron chi connectivity index (χ4n) is 2.60. The first-order valence-electron chi connectivity index (χ1n) is 10.3. The lowest BCUT2D eigenvalue weighted by molar-refractivity contribution is -0.159. The molecule has 0 saturated heterocycles. The molecule has 0 amide bonds. The quantitative estimate of drug-likeness (QED) is 0.258. The van der Waals surface area contributed by atoms with Crippen LogP contribution in [0.5, 0.6) is 0 Å². The Bertz CT molecular complexity index is 937. The molecule has 0 atom stereocenters. The molecule has 0 heterocycles. The molecule has 2 aromatic carbocycles. The van der Waals surface area contributed by atoms with Crippen LogP contribution in [0.2, 0.25) is 0 Å². The van der Waals surface area contributed by atoms with Gasteiger partial charge in [0.1, 0.15) is 0 Å². The first-order chi connectivity index (χ1) is 15.9. The van der Waals surface area contributed by atoms with Crippen molar-refractivity contribution in [2.45, 2.75) is 19.3 Å². The van der Waals surface area contributed by atoms with Crippen LogP contribution in [0.4, 0.5) is 0 Å². The Kier molecular flexibility index (Phi) is 10.9. The average Bonchev–Trinajstić information content (AvgIpc) is 2.82. The third-order valence-electron chi connectivity index (χ3n) is 4.31. The molecule has 0 saturated carbocycles. The van der Waals surface area contributed by atoms with Crippen LogP contribution >= 0.6 is 0 Å². The van der Waals surface area contributed by atoms with Gasteiger partial charge in [-0.25, -0.2) is 14.4 Å². The minimum Gasteiger partial charge on any atom is -0.463 e. The maximum atomic E-state index is 11.9. The van der Waals surface area contributed by atoms with Crippen molar-refractivity contribution < 1.29 is 38.1 Å². The van der Waals surface area contributed by atoms with E-state index in [0.717, 1.165) is 11.1 Å². The van der Waals surface area contributed by atoms with Gasteiger partial charge in [0.2, 0.25) is 0 Å². The Morgan fingerprint density at radius 2 is 1.06 bits per heavy atom. The molecule has 0 aliphatic heterocycles. The maximum absolute atomic E-state index is 11.9. The van der Waals surface area contributed by atoms with Crippen LogP contribution in [0.15, 0.2) is 72.8 Å². The number of esters is 4. The van der Waals surface area contributed by atoms with Crippen molar-refractivity contribution in [1.29, 1.82) is 0 Å². The fourth-order valence-corrected chi connectivity index (χ4v) is 2.60. The van der Waals surface area contributed by atoms with Gasteiger partial charge >= 0.3 is 23.9 Å². The van der Waals surface area contributed by atoms with E-state index >= 15 is 0 Å². The summed E-state index contributed by atoms with van der Waals surface area (Å²) in [5, 5.41) is 0. The lowest BCUT2D eigenvalue weighted by Crippen LogP contribution is -2.21. The molecule has 0 aromatic heterocycles. The minimum absolute atomic E-state index is 0.148. The van der Waals surface area contributed by atoms with Crippen LogP contribution in [0.25, 0.3) is 0 Å². The third-order valence-corrected chi connectivity index (χ3v) is 4.31. The van der Waals surface area contributed by atoms with Crippen LogP contribution in [0.1, 0.15) is 17.5 Å². The van der Waals surface area contributed by atoms with Gasteiger partial charge in [-0.3, -0.25) is 4.79 Å². The predicted octanol–water partition coefficient (Wildman–Crippen LogP) is 2.59. The SMILES string of the molecule is C=C(CC(=O)OCC(=O)OCCc1ccccc1)C(=O)OCC(=O)OCCc1ccccc1. The van der Waals surface area contributed by atoms with Gasteiger partial charge in [0.25, 0.3) is 0 Å². The number of hydrogen-bond donors (Lipinski definition) is 0. The van der Waals surface area contributed by atoms with E-state index in [9.17, 15) is 19.2 Å². The third kappa shape index (κ3) is 10.8. The molecule has 0 aliphatic carbocycles. The second kappa shape index (κ2) is 14.2. The van der Waals surface area contributed by atoms with E-state index in [2.05, 4.69) is 6.58 Å². The van der Waals surface area contributed by atoms with E-state index in [0.29, 0.717) is 12.8 Å². The minimum atomic E-state index is -0.933. The van der Waals surface area contributed by atoms with Gasteiger partial charge in [0.15, 0.2) is 13.2 Å². The van der Waals surface area contributed by atoms with Crippen molar-refractivity contribution in [2.24, 2.45) is 0 Å². The van der Waals surface area contributed by atoms with Crippen LogP contribution in [0.3, 0.4) is 0 Å². The molecule has 0 aliphatic rings. The summed E-state index contributed by atoms with van der Waals surface area (Å²) in [5.41, 5.74) is 1.81. The van der Waals surface area contributed by atoms with Gasteiger partial charge in [0.05, 0.1) is 19.6 Å². The Hall–Kier alpha value is -3.94. The Morgan fingerprint density at radius 1 is 0.606 bits per heavy atom. The predicted molar refractivity (Wildman–Crippen MR) is 118 cm³/mol. The van der Waals surface area contributed by atoms with Crippen molar-refractivity contribution >= 4 is 23.9 Å². The van der Waals surface area contributed by atoms with Crippen LogP contribution in [-0.4, -0.2) is 50.3 Å². The topological polar surface area (TPSA) is 105 Å². The van der Waals surface area contributed by atoms with Gasteiger partial charge in [-0.05, 0) is 11.1 Å². The molecule has 0 N–H and O–H groups in total. The zero-order chi connectivity index (χ0) is 23.9. The lowest BCUT2D eigenvalue weighted by atomic mass is 10.2. The first-order valence-corrected chi connectivity index (χ1v) is 10.3. The molecule has 0 bridgehead atoms. The Morgan fingerprint density at radius 3 is 1.55 bits per heavy atom. The summed E-state index contributed by atoms with van der Waals surface area (Å²) >= 11 is 0. The van der Waals surface area contributed by atoms with E-state index in [-0.39, 0.29) is 18.8 Å². The molecule has 0 fully saturated rings. The van der Waals surface area contributed by atoms with Crippen LogP contribution in [-0.2, 0) is 51.0 Å². The summed E-state index contributed by atoms with van der Waals surface area (Å²) in [7, 11) is 0. The molecule has 8 heteroatoms. The van der Waals surface area contributed by atoms with E-state index in [1.54, 1.807) is 0 Å². The highest BCUT2D eigenvalue weighted by Gasteiger charge is 2.17. The number of benzene rings is 2. The van der Waals surface area contributed by atoms with Gasteiger partial charge in [-0.15, -0.1) is 0 Å². The molecule has 0 radical (unpaired) electrons. The van der Waals surface area contributed by atoms with E-state index in [1.807, 2.05) is 60.7 Å². The smallest absolute Gasteiger partial charge is 0.344 e. The normalized spacial score (nSPS) is 10.1. The number of rotatable bonds is 13. The molecule has 174 valence electrons. The van der Waals surface area contributed by atoms with Crippen molar-refractivity contribution in [3.8, 4) is 0 Å². The first kappa shape index (κ1) is 25.3. The number of ether oxygens (including phenoxy) is 4. The monoisotopic (exact) mass is 454 g/mol. The summed E-state index contributed by atoms with van der Waals surface area (Å²) in [6, 6.07) is 18.9. The zero-order valence-corrected chi connectivity index (χ0v) is 18.2. The van der Waals surface area contributed by atoms with Crippen molar-refractivity contribution in [3.63, 3.8) is 0 Å². The Labute approximate surface area is 192 Å². The molecule has 33 heavy (non-hydrogen) atoms. The molecule has 2 aromatic rings. The number of hydrogen-bond acceptors (Lipinski definition) is 8. The van der Waals surface area contributed by atoms with Gasteiger partial charge in [-0.2, -0.15) is 0 Å². The van der Waals surface area contributed by atoms with Gasteiger partial charge in [0, 0.05) is 18.4 Å². The van der Waals surface area contributed by atoms with E-state index in [1.165, 1.54) is 0 Å². The average molecular weight is 454 g/mol. The maximum Gasteiger partial charge on any atom is 0.344 e. The van der Waals surface area contributed by atoms with E-state index in [4.69, 9.17) is 18.9 Å². The number of carbonyl (C=O) groups excluding carboxylic acids is 4. The summed E-state index contributed by atoms with van der Waals surface area (Å²) in [6.45, 7) is 2.56. The highest BCUT2D eigenvalue weighted by Crippen LogP contribution is 2.05. The van der Waals surface area contributed by atoms with Gasteiger partial charge in [-0.1, -0.05) is 67.2 Å². The van der Waals surface area contributed by atoms with Crippen LogP contribution < -0.4 is 0 Å². The molecule has 8 nitrogen and oxygen atoms in total. The Balaban J connectivity index is 1.55. The highest BCUT2D eigenvalue weighted by atomic mass is 16.6. The van der Waals surface area contributed by atoms with Crippen molar-refractivity contribution in [1.82, 2.24) is 0 Å². The van der Waals surface area contributed by atoms with Crippen molar-refractivity contribution in [2.75, 3.05) is 26.4 Å². The summed E-state index contributed by atoms with van der Waals surface area (Å²) in [5.74, 6) is -3.20. The highest BCUT2D eigenvalue weighted by molar-refractivity contribution is 5.94. The lowest BCUT2D eigenvalue weighted by Gasteiger charge is -2.08. The standard InChI is InChI=1S/C25H26O8/c1-19(25(29)33-18-24(28)31-15-13-21-10-6-3-7-11-21)16-22(26)32-17-23(27)30-14-12-20-8-4-2-5-9-20/h2-11H,1,12-18H2. The summed E-state index contributed by atoms with van der Waals surface area (Å²) in [4.78, 5) is 47.0. The molecule has 0 spiro atoms. The summed E-state index contributed by atoms with van der Waals surface area (Å²) in [6.07, 6.45) is 0.588. The molecular weight excluding hydrogens is 428 g/mol. The zero-order valence-electron chi connectivity index (χ0n) is 18.2.